The van der Waals surface area contributed by atoms with E-state index in [1.807, 2.05) is 13.8 Å². The summed E-state index contributed by atoms with van der Waals surface area (Å²) < 4.78 is 12.9. The van der Waals surface area contributed by atoms with Crippen LogP contribution in [0.5, 0.6) is 0 Å². The summed E-state index contributed by atoms with van der Waals surface area (Å²) in [6.07, 6.45) is 14.8. The Kier molecular flexibility index (Phi) is 5.14. The van der Waals surface area contributed by atoms with Gasteiger partial charge in [0.2, 0.25) is 6.29 Å². The Morgan fingerprint density at radius 1 is 1.00 bits per heavy atom. The second kappa shape index (κ2) is 7.11. The molecular weight excluding hydrogens is 324 g/mol. The van der Waals surface area contributed by atoms with E-state index in [1.165, 1.54) is 57.8 Å². The molecule has 0 aliphatic heterocycles. The summed E-state index contributed by atoms with van der Waals surface area (Å²) in [6.45, 7) is 6.09. The summed E-state index contributed by atoms with van der Waals surface area (Å²) in [5.41, 5.74) is -0.317. The standard InChI is InChI=1S/C23H38O3/c1-4-22(2,3)20(24)26-21(25-19-8-6-5-7-9-19)23-13-16-10-17(14-23)12-18(11-16)15-23/h16-19,21H,4-15H2,1-3H3. The zero-order valence-electron chi connectivity index (χ0n) is 17.1. The molecule has 0 radical (unpaired) electrons. The van der Waals surface area contributed by atoms with E-state index in [-0.39, 0.29) is 17.7 Å². The first kappa shape index (κ1) is 18.8. The van der Waals surface area contributed by atoms with Crippen molar-refractivity contribution in [2.45, 2.75) is 110 Å². The van der Waals surface area contributed by atoms with Crippen LogP contribution in [0.2, 0.25) is 0 Å². The van der Waals surface area contributed by atoms with Gasteiger partial charge in [-0.15, -0.1) is 0 Å². The average Bonchev–Trinajstić information content (AvgIpc) is 2.61. The van der Waals surface area contributed by atoms with E-state index >= 15 is 0 Å². The maximum absolute atomic E-state index is 12.9. The van der Waals surface area contributed by atoms with E-state index in [2.05, 4.69) is 6.92 Å². The minimum atomic E-state index is -0.420. The van der Waals surface area contributed by atoms with Crippen molar-refractivity contribution < 1.29 is 14.3 Å². The Labute approximate surface area is 159 Å². The van der Waals surface area contributed by atoms with Crippen LogP contribution in [-0.2, 0) is 14.3 Å². The van der Waals surface area contributed by atoms with Gasteiger partial charge in [-0.25, -0.2) is 0 Å². The summed E-state index contributed by atoms with van der Waals surface area (Å²) >= 11 is 0. The van der Waals surface area contributed by atoms with E-state index in [0.29, 0.717) is 6.10 Å². The molecule has 5 saturated carbocycles. The minimum Gasteiger partial charge on any atom is -0.435 e. The van der Waals surface area contributed by atoms with Crippen molar-refractivity contribution in [2.24, 2.45) is 28.6 Å². The van der Waals surface area contributed by atoms with Crippen molar-refractivity contribution in [3.8, 4) is 0 Å². The maximum atomic E-state index is 12.9. The lowest BCUT2D eigenvalue weighted by Crippen LogP contribution is -2.55. The summed E-state index contributed by atoms with van der Waals surface area (Å²) in [5.74, 6) is 2.47. The lowest BCUT2D eigenvalue weighted by Gasteiger charge is -2.58. The first-order valence-electron chi connectivity index (χ1n) is 11.3. The van der Waals surface area contributed by atoms with Gasteiger partial charge in [0, 0.05) is 5.41 Å². The molecule has 3 nitrogen and oxygen atoms in total. The quantitative estimate of drug-likeness (QED) is 0.439. The zero-order chi connectivity index (χ0) is 18.4. The maximum Gasteiger partial charge on any atom is 0.313 e. The highest BCUT2D eigenvalue weighted by molar-refractivity contribution is 5.76. The number of ether oxygens (including phenoxy) is 2. The van der Waals surface area contributed by atoms with Crippen molar-refractivity contribution in [1.29, 1.82) is 0 Å². The van der Waals surface area contributed by atoms with Crippen LogP contribution in [0.25, 0.3) is 0 Å². The van der Waals surface area contributed by atoms with Crippen LogP contribution in [0.1, 0.15) is 97.8 Å². The first-order valence-corrected chi connectivity index (χ1v) is 11.3. The highest BCUT2D eigenvalue weighted by atomic mass is 16.7. The van der Waals surface area contributed by atoms with Crippen LogP contribution in [0.3, 0.4) is 0 Å². The van der Waals surface area contributed by atoms with Gasteiger partial charge in [0.1, 0.15) is 0 Å². The Balaban J connectivity index is 1.54. The monoisotopic (exact) mass is 362 g/mol. The van der Waals surface area contributed by atoms with E-state index in [4.69, 9.17) is 9.47 Å². The van der Waals surface area contributed by atoms with Crippen molar-refractivity contribution in [3.63, 3.8) is 0 Å². The first-order chi connectivity index (χ1) is 12.4. The number of rotatable bonds is 6. The number of hydrogen-bond donors (Lipinski definition) is 0. The van der Waals surface area contributed by atoms with E-state index in [0.717, 1.165) is 37.0 Å². The third-order valence-electron chi connectivity index (χ3n) is 8.10. The molecule has 5 rings (SSSR count). The fraction of sp³-hybridized carbons (Fsp3) is 0.957. The number of carbonyl (C=O) groups is 1. The van der Waals surface area contributed by atoms with Crippen molar-refractivity contribution >= 4 is 5.97 Å². The van der Waals surface area contributed by atoms with Crippen LogP contribution in [0, 0.1) is 28.6 Å². The Hall–Kier alpha value is -0.570. The molecule has 1 unspecified atom stereocenters. The van der Waals surface area contributed by atoms with Gasteiger partial charge in [-0.3, -0.25) is 4.79 Å². The molecule has 5 aliphatic rings. The second-order valence-electron chi connectivity index (χ2n) is 10.7. The zero-order valence-corrected chi connectivity index (χ0v) is 17.1. The largest absolute Gasteiger partial charge is 0.435 e. The summed E-state index contributed by atoms with van der Waals surface area (Å²) in [6, 6.07) is 0. The van der Waals surface area contributed by atoms with Gasteiger partial charge in [0.15, 0.2) is 0 Å². The number of hydrogen-bond acceptors (Lipinski definition) is 3. The molecule has 4 bridgehead atoms. The van der Waals surface area contributed by atoms with Gasteiger partial charge in [0.05, 0.1) is 11.5 Å². The van der Waals surface area contributed by atoms with Crippen LogP contribution < -0.4 is 0 Å². The highest BCUT2D eigenvalue weighted by Gasteiger charge is 2.57. The van der Waals surface area contributed by atoms with Crippen molar-refractivity contribution in [3.05, 3.63) is 0 Å². The Morgan fingerprint density at radius 2 is 1.54 bits per heavy atom. The average molecular weight is 363 g/mol. The fourth-order valence-electron chi connectivity index (χ4n) is 6.54. The molecule has 5 fully saturated rings. The van der Waals surface area contributed by atoms with Crippen molar-refractivity contribution in [1.82, 2.24) is 0 Å². The van der Waals surface area contributed by atoms with E-state index < -0.39 is 5.41 Å². The summed E-state index contributed by atoms with van der Waals surface area (Å²) in [4.78, 5) is 12.9. The SMILES string of the molecule is CCC(C)(C)C(=O)OC(OC1CCCCC1)C12CC3CC(CC(C3)C1)C2. The highest BCUT2D eigenvalue weighted by Crippen LogP contribution is 2.62. The lowest BCUT2D eigenvalue weighted by atomic mass is 9.49. The molecule has 0 amide bonds. The molecule has 5 aliphatic carbocycles. The minimum absolute atomic E-state index is 0.0587. The molecule has 148 valence electrons. The van der Waals surface area contributed by atoms with E-state index in [1.54, 1.807) is 0 Å². The molecule has 0 N–H and O–H groups in total. The molecular formula is C23H38O3. The molecule has 3 heteroatoms. The third kappa shape index (κ3) is 3.57. The molecule has 0 spiro atoms. The number of esters is 1. The van der Waals surface area contributed by atoms with Gasteiger partial charge in [-0.2, -0.15) is 0 Å². The molecule has 0 aromatic rings. The normalized spacial score (nSPS) is 38.3. The smallest absolute Gasteiger partial charge is 0.313 e. The van der Waals surface area contributed by atoms with Gasteiger partial charge in [0.25, 0.3) is 0 Å². The third-order valence-corrected chi connectivity index (χ3v) is 8.10. The van der Waals surface area contributed by atoms with Crippen LogP contribution in [-0.4, -0.2) is 18.4 Å². The van der Waals surface area contributed by atoms with Crippen LogP contribution in [0.15, 0.2) is 0 Å². The molecule has 0 aromatic heterocycles. The van der Waals surface area contributed by atoms with Gasteiger partial charge in [-0.1, -0.05) is 26.2 Å². The Bertz CT molecular complexity index is 482. The van der Waals surface area contributed by atoms with Gasteiger partial charge in [-0.05, 0) is 89.4 Å². The van der Waals surface area contributed by atoms with Gasteiger partial charge < -0.3 is 9.47 Å². The molecule has 0 saturated heterocycles. The summed E-state index contributed by atoms with van der Waals surface area (Å²) in [5, 5.41) is 0. The predicted molar refractivity (Wildman–Crippen MR) is 103 cm³/mol. The van der Waals surface area contributed by atoms with Gasteiger partial charge >= 0.3 is 5.97 Å². The predicted octanol–water partition coefficient (Wildman–Crippen LogP) is 5.86. The van der Waals surface area contributed by atoms with Crippen molar-refractivity contribution in [2.75, 3.05) is 0 Å². The molecule has 0 aromatic carbocycles. The lowest BCUT2D eigenvalue weighted by molar-refractivity contribution is -0.265. The van der Waals surface area contributed by atoms with Crippen LogP contribution >= 0.6 is 0 Å². The van der Waals surface area contributed by atoms with Crippen LogP contribution in [0.4, 0.5) is 0 Å². The fourth-order valence-corrected chi connectivity index (χ4v) is 6.54. The Morgan fingerprint density at radius 3 is 2.04 bits per heavy atom. The second-order valence-corrected chi connectivity index (χ2v) is 10.7. The topological polar surface area (TPSA) is 35.5 Å². The molecule has 26 heavy (non-hydrogen) atoms. The number of carbonyl (C=O) groups excluding carboxylic acids is 1. The summed E-state index contributed by atoms with van der Waals surface area (Å²) in [7, 11) is 0. The molecule has 0 heterocycles. The van der Waals surface area contributed by atoms with E-state index in [9.17, 15) is 4.79 Å². The molecule has 1 atom stereocenters.